The lowest BCUT2D eigenvalue weighted by Gasteiger charge is -1.82. The van der Waals surface area contributed by atoms with Crippen LogP contribution in [0.15, 0.2) is 35.2 Å². The molecule has 0 bridgehead atoms. The number of rotatable bonds is 1. The van der Waals surface area contributed by atoms with Crippen LogP contribution < -0.4 is 9.31 Å². The first kappa shape index (κ1) is 7.28. The lowest BCUT2D eigenvalue weighted by atomic mass is 10.4. The summed E-state index contributed by atoms with van der Waals surface area (Å²) < 4.78 is 9.04. The molecule has 12 heavy (non-hydrogen) atoms. The largest absolute Gasteiger partial charge is 0.332 e. The van der Waals surface area contributed by atoms with Gasteiger partial charge in [-0.05, 0) is 6.07 Å². The zero-order valence-corrected chi connectivity index (χ0v) is 7.27. The quantitative estimate of drug-likeness (QED) is 0.573. The number of aromatic nitrogens is 2. The fourth-order valence-corrected chi connectivity index (χ4v) is 1.11. The van der Waals surface area contributed by atoms with Gasteiger partial charge in [-0.1, -0.05) is 0 Å². The highest BCUT2D eigenvalue weighted by Crippen LogP contribution is 1.94. The van der Waals surface area contributed by atoms with Crippen molar-refractivity contribution >= 4 is 5.52 Å². The minimum Gasteiger partial charge on any atom is -0.0491 e. The number of fused-ring (bicyclic) bond motifs is 1. The van der Waals surface area contributed by atoms with Crippen LogP contribution in [0, 0.1) is 0 Å². The maximum atomic E-state index is 5.46. The smallest absolute Gasteiger partial charge is 0.0491 e. The molecule has 2 aromatic rings. The van der Waals surface area contributed by atoms with Crippen LogP contribution in [0.1, 0.15) is 19.9 Å². The van der Waals surface area contributed by atoms with Crippen molar-refractivity contribution in [1.29, 1.82) is 0 Å². The summed E-state index contributed by atoms with van der Waals surface area (Å²) in [6.07, 6.45) is 3.89. The lowest BCUT2D eigenvalue weighted by Crippen LogP contribution is -2.35. The van der Waals surface area contributed by atoms with Crippen molar-refractivity contribution in [1.82, 2.24) is 0 Å². The highest BCUT2D eigenvalue weighted by Gasteiger charge is 2.20. The van der Waals surface area contributed by atoms with Gasteiger partial charge in [0.15, 0.2) is 0 Å². The predicted molar refractivity (Wildman–Crippen MR) is 42.4 cm³/mol. The molecule has 0 unspecified atom stereocenters. The second-order valence-corrected chi connectivity index (χ2v) is 3.12. The van der Waals surface area contributed by atoms with Crippen LogP contribution in [-0.2, 0) is 0 Å². The molecular formula is C9H12N2O+2. The van der Waals surface area contributed by atoms with E-state index in [0.29, 0.717) is 6.04 Å². The van der Waals surface area contributed by atoms with Crippen molar-refractivity contribution in [3.05, 3.63) is 30.6 Å². The van der Waals surface area contributed by atoms with Crippen molar-refractivity contribution in [2.24, 2.45) is 0 Å². The van der Waals surface area contributed by atoms with E-state index in [9.17, 15) is 0 Å². The summed E-state index contributed by atoms with van der Waals surface area (Å²) in [4.78, 5) is 0. The molecule has 62 valence electrons. The van der Waals surface area contributed by atoms with E-state index < -0.39 is 0 Å². The van der Waals surface area contributed by atoms with Crippen LogP contribution in [0.5, 0.6) is 0 Å². The molecule has 0 atom stereocenters. The fraction of sp³-hybridized carbons (Fsp3) is 0.333. The van der Waals surface area contributed by atoms with Crippen LogP contribution >= 0.6 is 0 Å². The number of nitrogens with zero attached hydrogens (tertiary/aromatic N) is 2. The van der Waals surface area contributed by atoms with E-state index in [1.54, 1.807) is 4.57 Å². The van der Waals surface area contributed by atoms with E-state index in [2.05, 4.69) is 13.8 Å². The Balaban J connectivity index is 2.62. The summed E-state index contributed by atoms with van der Waals surface area (Å²) in [6.45, 7) is 4.17. The Bertz CT molecular complexity index is 359. The van der Waals surface area contributed by atoms with Crippen molar-refractivity contribution < 1.29 is 13.9 Å². The SMILES string of the molecule is CC(C)[n+]1cc2cccc[n+]2o1. The van der Waals surface area contributed by atoms with Crippen molar-refractivity contribution in [2.75, 3.05) is 0 Å². The number of pyridine rings is 1. The van der Waals surface area contributed by atoms with Gasteiger partial charge in [-0.2, -0.15) is 0 Å². The molecule has 0 fully saturated rings. The Kier molecular flexibility index (Phi) is 1.57. The molecule has 0 spiro atoms. The Labute approximate surface area is 70.8 Å². The molecule has 0 radical (unpaired) electrons. The molecule has 0 aliphatic carbocycles. The predicted octanol–water partition coefficient (Wildman–Crippen LogP) is 0.887. The lowest BCUT2D eigenvalue weighted by molar-refractivity contribution is -1.02. The van der Waals surface area contributed by atoms with E-state index in [1.165, 1.54) is 0 Å². The fourth-order valence-electron chi connectivity index (χ4n) is 1.11. The summed E-state index contributed by atoms with van der Waals surface area (Å²) in [5.74, 6) is 0. The molecule has 3 nitrogen and oxygen atoms in total. The minimum absolute atomic E-state index is 0.366. The maximum Gasteiger partial charge on any atom is 0.332 e. The van der Waals surface area contributed by atoms with Gasteiger partial charge < -0.3 is 0 Å². The Hall–Kier alpha value is -1.38. The molecule has 2 heterocycles. The standard InChI is InChI=1S/C9H12N2O/c1-8(2)11-7-9-5-3-4-6-10(9)12-11/h3-8H,1-2H3/q+2. The van der Waals surface area contributed by atoms with Gasteiger partial charge in [0.05, 0.1) is 9.31 Å². The highest BCUT2D eigenvalue weighted by molar-refractivity contribution is 5.31. The van der Waals surface area contributed by atoms with Gasteiger partial charge in [-0.3, -0.25) is 0 Å². The molecule has 0 saturated carbocycles. The Morgan fingerprint density at radius 2 is 2.17 bits per heavy atom. The molecule has 0 aromatic carbocycles. The van der Waals surface area contributed by atoms with Crippen molar-refractivity contribution in [3.63, 3.8) is 0 Å². The van der Waals surface area contributed by atoms with Crippen LogP contribution in [0.25, 0.3) is 5.52 Å². The third-order valence-electron chi connectivity index (χ3n) is 1.80. The third kappa shape index (κ3) is 1.07. The third-order valence-corrected chi connectivity index (χ3v) is 1.80. The first-order valence-electron chi connectivity index (χ1n) is 4.10. The first-order valence-corrected chi connectivity index (χ1v) is 4.10. The van der Waals surface area contributed by atoms with Gasteiger partial charge in [0.1, 0.15) is 0 Å². The van der Waals surface area contributed by atoms with Gasteiger partial charge in [0, 0.05) is 30.6 Å². The Morgan fingerprint density at radius 3 is 2.83 bits per heavy atom. The van der Waals surface area contributed by atoms with E-state index in [0.717, 1.165) is 5.52 Å². The monoisotopic (exact) mass is 164 g/mol. The summed E-state index contributed by atoms with van der Waals surface area (Å²) >= 11 is 0. The normalized spacial score (nSPS) is 11.2. The van der Waals surface area contributed by atoms with Gasteiger partial charge in [0.25, 0.3) is 6.20 Å². The molecule has 2 aromatic heterocycles. The number of hydrogen-bond donors (Lipinski definition) is 0. The summed E-state index contributed by atoms with van der Waals surface area (Å²) in [7, 11) is 0. The molecule has 2 rings (SSSR count). The highest BCUT2D eigenvalue weighted by atomic mass is 16.6. The van der Waals surface area contributed by atoms with Crippen LogP contribution in [0.4, 0.5) is 0 Å². The van der Waals surface area contributed by atoms with Gasteiger partial charge in [0.2, 0.25) is 12.2 Å². The summed E-state index contributed by atoms with van der Waals surface area (Å²) in [6, 6.07) is 6.32. The molecule has 0 saturated heterocycles. The summed E-state index contributed by atoms with van der Waals surface area (Å²) in [5, 5.41) is 0. The zero-order chi connectivity index (χ0) is 8.55. The van der Waals surface area contributed by atoms with E-state index >= 15 is 0 Å². The van der Waals surface area contributed by atoms with E-state index in [4.69, 9.17) is 4.63 Å². The molecule has 3 heteroatoms. The molecule has 0 amide bonds. The molecule has 0 N–H and O–H groups in total. The van der Waals surface area contributed by atoms with E-state index in [1.807, 2.05) is 35.3 Å². The average Bonchev–Trinajstić information content (AvgIpc) is 2.46. The molecular weight excluding hydrogens is 152 g/mol. The second kappa shape index (κ2) is 2.59. The maximum absolute atomic E-state index is 5.46. The second-order valence-electron chi connectivity index (χ2n) is 3.12. The van der Waals surface area contributed by atoms with Crippen LogP contribution in [0.2, 0.25) is 0 Å². The van der Waals surface area contributed by atoms with E-state index in [-0.39, 0.29) is 0 Å². The van der Waals surface area contributed by atoms with Crippen LogP contribution in [-0.4, -0.2) is 0 Å². The van der Waals surface area contributed by atoms with Gasteiger partial charge in [-0.15, -0.1) is 0 Å². The first-order chi connectivity index (χ1) is 5.77. The average molecular weight is 164 g/mol. The van der Waals surface area contributed by atoms with Gasteiger partial charge >= 0.3 is 5.52 Å². The molecule has 0 aliphatic heterocycles. The van der Waals surface area contributed by atoms with Gasteiger partial charge in [-0.25, -0.2) is 0 Å². The van der Waals surface area contributed by atoms with Crippen molar-refractivity contribution in [3.8, 4) is 0 Å². The summed E-state index contributed by atoms with van der Waals surface area (Å²) in [5.41, 5.74) is 1.08. The molecule has 0 aliphatic rings. The zero-order valence-electron chi connectivity index (χ0n) is 7.27. The number of hydrogen-bond acceptors (Lipinski definition) is 1. The van der Waals surface area contributed by atoms with Crippen LogP contribution in [0.3, 0.4) is 0 Å². The van der Waals surface area contributed by atoms with Crippen molar-refractivity contribution in [2.45, 2.75) is 19.9 Å². The topological polar surface area (TPSA) is 21.1 Å². The Morgan fingerprint density at radius 1 is 1.33 bits per heavy atom. The minimum atomic E-state index is 0.366.